The molecule has 2 aliphatic heterocycles. The monoisotopic (exact) mass is 334 g/mol. The van der Waals surface area contributed by atoms with Crippen molar-refractivity contribution in [3.63, 3.8) is 0 Å². The van der Waals surface area contributed by atoms with Crippen LogP contribution in [0.25, 0.3) is 0 Å². The molecule has 3 rings (SSSR count). The molecule has 0 radical (unpaired) electrons. The maximum absolute atomic E-state index is 6.14. The van der Waals surface area contributed by atoms with E-state index in [2.05, 4.69) is 6.58 Å². The fourth-order valence-corrected chi connectivity index (χ4v) is 3.19. The Balaban J connectivity index is 1.75. The molecular weight excluding hydrogens is 308 g/mol. The Morgan fingerprint density at radius 2 is 1.83 bits per heavy atom. The minimum absolute atomic E-state index is 0.136. The first-order valence-electron chi connectivity index (χ1n) is 8.39. The highest BCUT2D eigenvalue weighted by Gasteiger charge is 2.54. The van der Waals surface area contributed by atoms with Gasteiger partial charge in [-0.05, 0) is 26.3 Å². The molecule has 5 nitrogen and oxygen atoms in total. The molecule has 5 atom stereocenters. The van der Waals surface area contributed by atoms with Crippen molar-refractivity contribution in [2.45, 2.75) is 63.9 Å². The third-order valence-corrected chi connectivity index (χ3v) is 4.23. The molecule has 0 amide bonds. The van der Waals surface area contributed by atoms with Crippen LogP contribution >= 0.6 is 0 Å². The Kier molecular flexibility index (Phi) is 5.37. The van der Waals surface area contributed by atoms with Crippen LogP contribution in [-0.4, -0.2) is 43.1 Å². The summed E-state index contributed by atoms with van der Waals surface area (Å²) in [5.41, 5.74) is 1.09. The molecule has 0 aliphatic carbocycles. The number of hydrogen-bond donors (Lipinski definition) is 0. The summed E-state index contributed by atoms with van der Waals surface area (Å²) in [6.07, 6.45) is 0.271. The average molecular weight is 334 g/mol. The van der Waals surface area contributed by atoms with Gasteiger partial charge in [0.05, 0.1) is 19.3 Å². The maximum Gasteiger partial charge on any atom is 0.187 e. The molecule has 0 bridgehead atoms. The first kappa shape index (κ1) is 17.6. The lowest BCUT2D eigenvalue weighted by Crippen LogP contribution is -2.57. The van der Waals surface area contributed by atoms with Gasteiger partial charge in [-0.15, -0.1) is 6.58 Å². The van der Waals surface area contributed by atoms with E-state index in [0.717, 1.165) is 5.56 Å². The summed E-state index contributed by atoms with van der Waals surface area (Å²) >= 11 is 0. The molecular formula is C19H26O5. The first-order valence-corrected chi connectivity index (χ1v) is 8.39. The third-order valence-electron chi connectivity index (χ3n) is 4.23. The van der Waals surface area contributed by atoms with Gasteiger partial charge in [-0.2, -0.15) is 0 Å². The quantitative estimate of drug-likeness (QED) is 0.748. The Hall–Kier alpha value is -1.24. The summed E-state index contributed by atoms with van der Waals surface area (Å²) in [5.74, 6) is -0.658. The van der Waals surface area contributed by atoms with Gasteiger partial charge in [0, 0.05) is 0 Å². The van der Waals surface area contributed by atoms with Crippen LogP contribution in [0.2, 0.25) is 0 Å². The van der Waals surface area contributed by atoms with Crippen LogP contribution in [0.5, 0.6) is 0 Å². The standard InChI is InChI=1S/C19H26O5/c1-5-11-20-18-17(21-12-14-9-7-6-8-10-14)16-15(13(2)22-18)23-19(3,4)24-16/h5-10,13,15-18H,1,11-12H2,2-4H3/t13-,15+,16+,17-,18+/m0/s1. The van der Waals surface area contributed by atoms with Gasteiger partial charge in [0.1, 0.15) is 18.3 Å². The number of rotatable bonds is 6. The summed E-state index contributed by atoms with van der Waals surface area (Å²) < 4.78 is 30.0. The predicted molar refractivity (Wildman–Crippen MR) is 89.3 cm³/mol. The Labute approximate surface area is 143 Å². The van der Waals surface area contributed by atoms with Gasteiger partial charge < -0.3 is 23.7 Å². The van der Waals surface area contributed by atoms with E-state index in [1.54, 1.807) is 6.08 Å². The molecule has 0 N–H and O–H groups in total. The van der Waals surface area contributed by atoms with Gasteiger partial charge in [-0.25, -0.2) is 0 Å². The third kappa shape index (κ3) is 3.87. The molecule has 5 heteroatoms. The van der Waals surface area contributed by atoms with Crippen molar-refractivity contribution >= 4 is 0 Å². The second-order valence-corrected chi connectivity index (χ2v) is 6.66. The lowest BCUT2D eigenvalue weighted by molar-refractivity contribution is -0.283. The molecule has 0 unspecified atom stereocenters. The summed E-state index contributed by atoms with van der Waals surface area (Å²) in [4.78, 5) is 0. The summed E-state index contributed by atoms with van der Waals surface area (Å²) in [6, 6.07) is 10.0. The highest BCUT2D eigenvalue weighted by molar-refractivity contribution is 5.13. The topological polar surface area (TPSA) is 46.2 Å². The molecule has 24 heavy (non-hydrogen) atoms. The molecule has 132 valence electrons. The molecule has 0 aromatic heterocycles. The van der Waals surface area contributed by atoms with Crippen LogP contribution in [0, 0.1) is 0 Å². The van der Waals surface area contributed by atoms with Crippen molar-refractivity contribution in [2.75, 3.05) is 6.61 Å². The van der Waals surface area contributed by atoms with E-state index in [1.165, 1.54) is 0 Å². The number of fused-ring (bicyclic) bond motifs is 1. The molecule has 1 aromatic carbocycles. The zero-order valence-corrected chi connectivity index (χ0v) is 14.5. The fraction of sp³-hybridized carbons (Fsp3) is 0.579. The highest BCUT2D eigenvalue weighted by Crippen LogP contribution is 2.39. The zero-order chi connectivity index (χ0) is 17.2. The van der Waals surface area contributed by atoms with E-state index >= 15 is 0 Å². The number of ether oxygens (including phenoxy) is 5. The summed E-state index contributed by atoms with van der Waals surface area (Å²) in [5, 5.41) is 0. The zero-order valence-electron chi connectivity index (χ0n) is 14.5. The molecule has 2 fully saturated rings. The van der Waals surface area contributed by atoms with E-state index < -0.39 is 12.1 Å². The lowest BCUT2D eigenvalue weighted by atomic mass is 10.00. The summed E-state index contributed by atoms with van der Waals surface area (Å²) in [6.45, 7) is 10.3. The Morgan fingerprint density at radius 1 is 1.12 bits per heavy atom. The van der Waals surface area contributed by atoms with Gasteiger partial charge >= 0.3 is 0 Å². The van der Waals surface area contributed by atoms with E-state index in [0.29, 0.717) is 13.2 Å². The van der Waals surface area contributed by atoms with E-state index in [-0.39, 0.29) is 24.4 Å². The van der Waals surface area contributed by atoms with Crippen molar-refractivity contribution in [3.8, 4) is 0 Å². The van der Waals surface area contributed by atoms with Gasteiger partial charge in [0.15, 0.2) is 12.1 Å². The highest BCUT2D eigenvalue weighted by atomic mass is 16.8. The average Bonchev–Trinajstić information content (AvgIpc) is 2.89. The SMILES string of the molecule is C=CCO[C@@H]1O[C@@H](C)[C@H]2OC(C)(C)O[C@H]2[C@@H]1OCc1ccccc1. The number of benzene rings is 1. The first-order chi connectivity index (χ1) is 11.5. The van der Waals surface area contributed by atoms with Crippen LogP contribution < -0.4 is 0 Å². The Morgan fingerprint density at radius 3 is 2.54 bits per heavy atom. The van der Waals surface area contributed by atoms with Crippen molar-refractivity contribution < 1.29 is 23.7 Å². The molecule has 2 saturated heterocycles. The second-order valence-electron chi connectivity index (χ2n) is 6.66. The Bertz CT molecular complexity index is 544. The normalized spacial score (nSPS) is 34.7. The van der Waals surface area contributed by atoms with E-state index in [9.17, 15) is 0 Å². The second kappa shape index (κ2) is 7.33. The fourth-order valence-electron chi connectivity index (χ4n) is 3.19. The maximum atomic E-state index is 6.14. The minimum atomic E-state index is -0.658. The van der Waals surface area contributed by atoms with Crippen LogP contribution in [0.3, 0.4) is 0 Å². The van der Waals surface area contributed by atoms with Gasteiger partial charge in [0.2, 0.25) is 0 Å². The predicted octanol–water partition coefficient (Wildman–Crippen LogP) is 3.04. The smallest absolute Gasteiger partial charge is 0.187 e. The van der Waals surface area contributed by atoms with Crippen LogP contribution in [-0.2, 0) is 30.3 Å². The molecule has 0 spiro atoms. The van der Waals surface area contributed by atoms with Crippen LogP contribution in [0.15, 0.2) is 43.0 Å². The lowest BCUT2D eigenvalue weighted by Gasteiger charge is -2.40. The molecule has 2 aliphatic rings. The van der Waals surface area contributed by atoms with Crippen molar-refractivity contribution in [1.82, 2.24) is 0 Å². The van der Waals surface area contributed by atoms with Gasteiger partial charge in [-0.1, -0.05) is 36.4 Å². The largest absolute Gasteiger partial charge is 0.365 e. The van der Waals surface area contributed by atoms with Crippen molar-refractivity contribution in [2.24, 2.45) is 0 Å². The molecule has 0 saturated carbocycles. The van der Waals surface area contributed by atoms with Gasteiger partial charge in [-0.3, -0.25) is 0 Å². The van der Waals surface area contributed by atoms with Crippen LogP contribution in [0.1, 0.15) is 26.3 Å². The van der Waals surface area contributed by atoms with E-state index in [1.807, 2.05) is 51.1 Å². The van der Waals surface area contributed by atoms with Crippen molar-refractivity contribution in [3.05, 3.63) is 48.6 Å². The summed E-state index contributed by atoms with van der Waals surface area (Å²) in [7, 11) is 0. The van der Waals surface area contributed by atoms with E-state index in [4.69, 9.17) is 23.7 Å². The van der Waals surface area contributed by atoms with Gasteiger partial charge in [0.25, 0.3) is 0 Å². The minimum Gasteiger partial charge on any atom is -0.365 e. The number of hydrogen-bond acceptors (Lipinski definition) is 5. The van der Waals surface area contributed by atoms with Crippen molar-refractivity contribution in [1.29, 1.82) is 0 Å². The molecule has 2 heterocycles. The molecule has 1 aromatic rings. The van der Waals surface area contributed by atoms with Crippen LogP contribution in [0.4, 0.5) is 0 Å².